The van der Waals surface area contributed by atoms with E-state index < -0.39 is 0 Å². The van der Waals surface area contributed by atoms with Gasteiger partial charge < -0.3 is 4.42 Å². The maximum absolute atomic E-state index is 13.0. The molecule has 2 atom stereocenters. The van der Waals surface area contributed by atoms with Crippen LogP contribution in [0.1, 0.15) is 31.9 Å². The smallest absolute Gasteiger partial charge is 0.365 e. The standard InChI is InChI=1S/C23H22N4O2/c1-23(2)12-16-19(17(28)13-23)20(14-8-4-3-5-9-14)26-21(24-16)27-22-25-15-10-6-7-11-18(15)29-22/h3-12,19-20H,13H2,1-2H3,(H2,24,25,26,27)/p+1/t19-,20-/m0/s1. The zero-order chi connectivity index (χ0) is 20.0. The van der Waals surface area contributed by atoms with Crippen LogP contribution in [0.5, 0.6) is 0 Å². The van der Waals surface area contributed by atoms with E-state index in [1.54, 1.807) is 0 Å². The Bertz CT molecular complexity index is 1110. The Morgan fingerprint density at radius 3 is 2.69 bits per heavy atom. The number of carbonyl (C=O) groups excluding carboxylic acids is 1. The predicted molar refractivity (Wildman–Crippen MR) is 111 cm³/mol. The van der Waals surface area contributed by atoms with Gasteiger partial charge in [0.15, 0.2) is 5.58 Å². The normalized spacial score (nSPS) is 23.0. The summed E-state index contributed by atoms with van der Waals surface area (Å²) in [4.78, 5) is 21.0. The number of aromatic nitrogens is 1. The second-order valence-electron chi connectivity index (χ2n) is 8.35. The van der Waals surface area contributed by atoms with Gasteiger partial charge in [0.2, 0.25) is 0 Å². The number of benzene rings is 2. The fraction of sp³-hybridized carbons (Fsp3) is 0.261. The van der Waals surface area contributed by atoms with Gasteiger partial charge in [0, 0.05) is 6.42 Å². The van der Waals surface area contributed by atoms with Crippen molar-refractivity contribution < 1.29 is 14.2 Å². The first-order valence-electron chi connectivity index (χ1n) is 9.82. The van der Waals surface area contributed by atoms with Crippen molar-refractivity contribution in [2.24, 2.45) is 11.3 Å². The number of nitrogens with zero attached hydrogens (tertiary/aromatic N) is 1. The average molecular weight is 387 g/mol. The van der Waals surface area contributed by atoms with Crippen LogP contribution in [0.4, 0.5) is 6.01 Å². The second kappa shape index (κ2) is 6.58. The lowest BCUT2D eigenvalue weighted by Crippen LogP contribution is -2.84. The van der Waals surface area contributed by atoms with Crippen molar-refractivity contribution in [1.82, 2.24) is 10.3 Å². The Kier molecular flexibility index (Phi) is 4.01. The summed E-state index contributed by atoms with van der Waals surface area (Å²) in [6.07, 6.45) is 2.70. The fourth-order valence-corrected chi connectivity index (χ4v) is 4.23. The third kappa shape index (κ3) is 3.31. The van der Waals surface area contributed by atoms with Gasteiger partial charge in [0.1, 0.15) is 23.3 Å². The van der Waals surface area contributed by atoms with Crippen molar-refractivity contribution in [3.63, 3.8) is 0 Å². The topological polar surface area (TPSA) is 81.1 Å². The van der Waals surface area contributed by atoms with Crippen LogP contribution in [0, 0.1) is 11.3 Å². The van der Waals surface area contributed by atoms with Crippen LogP contribution in [-0.2, 0) is 4.79 Å². The summed E-state index contributed by atoms with van der Waals surface area (Å²) in [5.74, 6) is 0.639. The number of fused-ring (bicyclic) bond motifs is 2. The summed E-state index contributed by atoms with van der Waals surface area (Å²) < 4.78 is 5.80. The molecule has 2 aromatic carbocycles. The molecule has 0 spiro atoms. The van der Waals surface area contributed by atoms with E-state index in [0.717, 1.165) is 22.4 Å². The first-order chi connectivity index (χ1) is 14.0. The van der Waals surface area contributed by atoms with Crippen molar-refractivity contribution >= 4 is 28.9 Å². The highest BCUT2D eigenvalue weighted by Gasteiger charge is 2.45. The third-order valence-corrected chi connectivity index (χ3v) is 5.45. The molecule has 6 heteroatoms. The van der Waals surface area contributed by atoms with Gasteiger partial charge in [-0.15, -0.1) is 0 Å². The summed E-state index contributed by atoms with van der Waals surface area (Å²) in [6.45, 7) is 4.17. The maximum atomic E-state index is 13.0. The first kappa shape index (κ1) is 17.7. The van der Waals surface area contributed by atoms with Crippen LogP contribution in [0.2, 0.25) is 0 Å². The highest BCUT2D eigenvalue weighted by Crippen LogP contribution is 2.38. The van der Waals surface area contributed by atoms with E-state index in [9.17, 15) is 4.79 Å². The molecule has 0 unspecified atom stereocenters. The van der Waals surface area contributed by atoms with Crippen molar-refractivity contribution in [2.45, 2.75) is 26.3 Å². The molecule has 0 amide bonds. The molecule has 0 radical (unpaired) electrons. The maximum Gasteiger partial charge on any atom is 0.365 e. The van der Waals surface area contributed by atoms with Crippen molar-refractivity contribution in [3.05, 3.63) is 71.9 Å². The Labute approximate surface area is 168 Å². The minimum atomic E-state index is -0.250. The molecule has 1 aliphatic carbocycles. The minimum Gasteiger partial charge on any atom is -0.412 e. The molecule has 0 saturated carbocycles. The Morgan fingerprint density at radius 2 is 1.90 bits per heavy atom. The minimum absolute atomic E-state index is 0.167. The number of nitrogens with one attached hydrogen (secondary N) is 3. The van der Waals surface area contributed by atoms with Gasteiger partial charge in [-0.3, -0.25) is 9.79 Å². The van der Waals surface area contributed by atoms with Crippen LogP contribution in [0.25, 0.3) is 11.1 Å². The van der Waals surface area contributed by atoms with Gasteiger partial charge in [-0.2, -0.15) is 10.3 Å². The van der Waals surface area contributed by atoms with Crippen LogP contribution in [0.3, 0.4) is 0 Å². The van der Waals surface area contributed by atoms with Crippen LogP contribution in [-0.4, -0.2) is 16.7 Å². The molecule has 146 valence electrons. The SMILES string of the molecule is CC1(C)C=C2NC(Nc3nc4ccccc4o3)=[NH+][C@@H](c3ccccc3)[C@@H]2C(=O)C1. The average Bonchev–Trinajstić information content (AvgIpc) is 3.09. The molecule has 3 N–H and O–H groups in total. The lowest BCUT2D eigenvalue weighted by atomic mass is 9.72. The number of oxazole rings is 1. The molecule has 5 rings (SSSR count). The highest BCUT2D eigenvalue weighted by atomic mass is 16.4. The number of allylic oxidation sites excluding steroid dienone is 1. The van der Waals surface area contributed by atoms with E-state index in [0.29, 0.717) is 18.4 Å². The summed E-state index contributed by atoms with van der Waals surface area (Å²) in [5, 5.41) is 6.58. The molecule has 0 fully saturated rings. The number of ketones is 1. The Morgan fingerprint density at radius 1 is 1.14 bits per heavy atom. The molecule has 29 heavy (non-hydrogen) atoms. The number of rotatable bonds is 2. The van der Waals surface area contributed by atoms with Gasteiger partial charge in [-0.25, -0.2) is 5.32 Å². The quantitative estimate of drug-likeness (QED) is 0.630. The summed E-state index contributed by atoms with van der Waals surface area (Å²) in [5.41, 5.74) is 3.30. The Hall–Kier alpha value is -3.41. The number of para-hydroxylation sites is 2. The molecule has 2 heterocycles. The lowest BCUT2D eigenvalue weighted by molar-refractivity contribution is -0.522. The van der Waals surface area contributed by atoms with Crippen LogP contribution < -0.4 is 15.6 Å². The predicted octanol–water partition coefficient (Wildman–Crippen LogP) is 2.52. The van der Waals surface area contributed by atoms with E-state index in [1.807, 2.05) is 54.6 Å². The summed E-state index contributed by atoms with van der Waals surface area (Å²) >= 11 is 0. The summed E-state index contributed by atoms with van der Waals surface area (Å²) in [7, 11) is 0. The third-order valence-electron chi connectivity index (χ3n) is 5.45. The molecule has 6 nitrogen and oxygen atoms in total. The van der Waals surface area contributed by atoms with E-state index in [1.165, 1.54) is 0 Å². The zero-order valence-electron chi connectivity index (χ0n) is 16.4. The molecule has 1 aliphatic heterocycles. The van der Waals surface area contributed by atoms with Gasteiger partial charge in [-0.1, -0.05) is 56.3 Å². The number of hydrogen-bond acceptors (Lipinski definition) is 5. The van der Waals surface area contributed by atoms with Crippen molar-refractivity contribution in [3.8, 4) is 0 Å². The molecule has 1 aromatic heterocycles. The van der Waals surface area contributed by atoms with Gasteiger partial charge in [-0.05, 0) is 29.2 Å². The van der Waals surface area contributed by atoms with Crippen molar-refractivity contribution in [1.29, 1.82) is 0 Å². The molecule has 2 aliphatic rings. The number of anilines is 1. The van der Waals surface area contributed by atoms with Gasteiger partial charge >= 0.3 is 12.0 Å². The van der Waals surface area contributed by atoms with Crippen LogP contribution >= 0.6 is 0 Å². The van der Waals surface area contributed by atoms with E-state index in [-0.39, 0.29) is 23.2 Å². The largest absolute Gasteiger partial charge is 0.412 e. The lowest BCUT2D eigenvalue weighted by Gasteiger charge is -2.36. The molecule has 3 aromatic rings. The fourth-order valence-electron chi connectivity index (χ4n) is 4.23. The second-order valence-corrected chi connectivity index (χ2v) is 8.35. The zero-order valence-corrected chi connectivity index (χ0v) is 16.4. The molecular weight excluding hydrogens is 364 g/mol. The van der Waals surface area contributed by atoms with Crippen molar-refractivity contribution in [2.75, 3.05) is 5.32 Å². The highest BCUT2D eigenvalue weighted by molar-refractivity contribution is 5.94. The van der Waals surface area contributed by atoms with E-state index >= 15 is 0 Å². The molecular formula is C23H23N4O2+. The van der Waals surface area contributed by atoms with Gasteiger partial charge in [0.05, 0.1) is 5.70 Å². The first-order valence-corrected chi connectivity index (χ1v) is 9.82. The van der Waals surface area contributed by atoms with E-state index in [4.69, 9.17) is 4.42 Å². The van der Waals surface area contributed by atoms with Crippen LogP contribution in [0.15, 0.2) is 70.8 Å². The number of hydrogen-bond donors (Lipinski definition) is 3. The number of guanidine groups is 1. The Balaban J connectivity index is 1.55. The summed E-state index contributed by atoms with van der Waals surface area (Å²) in [6, 6.07) is 17.9. The molecule has 0 bridgehead atoms. The van der Waals surface area contributed by atoms with Gasteiger partial charge in [0.25, 0.3) is 0 Å². The number of Topliss-reactive ketones (excluding diaryl/α,β-unsaturated/α-hetero) is 1. The van der Waals surface area contributed by atoms with E-state index in [2.05, 4.69) is 40.5 Å². The monoisotopic (exact) mass is 387 g/mol. The number of carbonyl (C=O) groups is 1. The molecule has 0 saturated heterocycles.